The number of rotatable bonds is 6. The second-order valence-electron chi connectivity index (χ2n) is 4.18. The molecule has 20 heavy (non-hydrogen) atoms. The number of hydrogen-bond donors (Lipinski definition) is 2. The highest BCUT2D eigenvalue weighted by atomic mass is 79.9. The zero-order valence-corrected chi connectivity index (χ0v) is 14.1. The molecule has 2 aromatic heterocycles. The fourth-order valence-electron chi connectivity index (χ4n) is 1.67. The summed E-state index contributed by atoms with van der Waals surface area (Å²) in [6.45, 7) is 0.631. The van der Waals surface area contributed by atoms with Crippen LogP contribution in [0.4, 0.5) is 0 Å². The highest BCUT2D eigenvalue weighted by Crippen LogP contribution is 2.31. The lowest BCUT2D eigenvalue weighted by Gasteiger charge is -2.04. The number of nitrogens with one attached hydrogen (secondary N) is 1. The maximum absolute atomic E-state index is 12.2. The van der Waals surface area contributed by atoms with Gasteiger partial charge in [-0.2, -0.15) is 5.10 Å². The molecule has 3 N–H and O–H groups in total. The van der Waals surface area contributed by atoms with Crippen molar-refractivity contribution in [1.82, 2.24) is 14.5 Å². The summed E-state index contributed by atoms with van der Waals surface area (Å²) >= 11 is 4.59. The normalized spacial score (nSPS) is 11.9. The Kier molecular flexibility index (Phi) is 4.97. The highest BCUT2D eigenvalue weighted by Gasteiger charge is 2.20. The highest BCUT2D eigenvalue weighted by molar-refractivity contribution is 9.11. The van der Waals surface area contributed by atoms with Gasteiger partial charge in [-0.25, -0.2) is 13.1 Å². The predicted octanol–water partition coefficient (Wildman–Crippen LogP) is 1.22. The first kappa shape index (κ1) is 15.6. The quantitative estimate of drug-likeness (QED) is 0.790. The van der Waals surface area contributed by atoms with Crippen molar-refractivity contribution in [2.75, 3.05) is 6.54 Å². The first-order valence-electron chi connectivity index (χ1n) is 5.89. The van der Waals surface area contributed by atoms with E-state index in [0.29, 0.717) is 23.3 Å². The number of nitrogens with zero attached hydrogens (tertiary/aromatic N) is 2. The molecule has 0 unspecified atom stereocenters. The molecule has 0 aliphatic carbocycles. The van der Waals surface area contributed by atoms with E-state index in [1.165, 1.54) is 11.3 Å². The van der Waals surface area contributed by atoms with Crippen molar-refractivity contribution in [3.05, 3.63) is 32.7 Å². The first-order valence-corrected chi connectivity index (χ1v) is 8.98. The van der Waals surface area contributed by atoms with Crippen LogP contribution in [0.25, 0.3) is 0 Å². The van der Waals surface area contributed by atoms with Crippen molar-refractivity contribution in [3.8, 4) is 0 Å². The van der Waals surface area contributed by atoms with Gasteiger partial charge in [-0.15, -0.1) is 11.3 Å². The van der Waals surface area contributed by atoms with Crippen molar-refractivity contribution in [1.29, 1.82) is 0 Å². The fraction of sp³-hybridized carbons (Fsp3) is 0.364. The maximum Gasteiger partial charge on any atom is 0.242 e. The van der Waals surface area contributed by atoms with Crippen LogP contribution in [0.15, 0.2) is 27.0 Å². The summed E-state index contributed by atoms with van der Waals surface area (Å²) in [5.41, 5.74) is 6.37. The van der Waals surface area contributed by atoms with Gasteiger partial charge in [-0.05, 0) is 28.1 Å². The summed E-state index contributed by atoms with van der Waals surface area (Å²) in [6.07, 6.45) is 2.37. The summed E-state index contributed by atoms with van der Waals surface area (Å²) in [4.78, 5) is 1.06. The standard InChI is InChI=1S/C11H15BrN4O2S2/c1-16-5-3-8(15-16)2-4-14-20(17,18)10-6-9(7-13)19-11(10)12/h3,5-6,14H,2,4,7,13H2,1H3. The Hall–Kier alpha value is -0.740. The van der Waals surface area contributed by atoms with Crippen LogP contribution in [0.1, 0.15) is 10.6 Å². The summed E-state index contributed by atoms with van der Waals surface area (Å²) in [7, 11) is -1.70. The Balaban J connectivity index is 2.01. The molecular formula is C11H15BrN4O2S2. The molecule has 2 heterocycles. The molecule has 6 nitrogen and oxygen atoms in total. The Bertz CT molecular complexity index is 693. The molecule has 0 aliphatic rings. The van der Waals surface area contributed by atoms with Crippen molar-refractivity contribution in [2.24, 2.45) is 12.8 Å². The van der Waals surface area contributed by atoms with Crippen molar-refractivity contribution >= 4 is 37.3 Å². The predicted molar refractivity (Wildman–Crippen MR) is 82.0 cm³/mol. The molecule has 0 saturated carbocycles. The molecule has 0 aromatic carbocycles. The van der Waals surface area contributed by atoms with E-state index in [1.807, 2.05) is 19.3 Å². The fourth-order valence-corrected chi connectivity index (χ4v) is 5.26. The van der Waals surface area contributed by atoms with Crippen LogP contribution in [-0.2, 0) is 30.0 Å². The molecule has 0 bridgehead atoms. The van der Waals surface area contributed by atoms with E-state index in [9.17, 15) is 8.42 Å². The van der Waals surface area contributed by atoms with E-state index >= 15 is 0 Å². The first-order chi connectivity index (χ1) is 9.42. The number of sulfonamides is 1. The van der Waals surface area contributed by atoms with E-state index in [0.717, 1.165) is 10.6 Å². The van der Waals surface area contributed by atoms with Gasteiger partial charge in [0.15, 0.2) is 0 Å². The number of aryl methyl sites for hydroxylation is 1. The van der Waals surface area contributed by atoms with Gasteiger partial charge in [0.25, 0.3) is 0 Å². The summed E-state index contributed by atoms with van der Waals surface area (Å²) < 4.78 is 29.2. The lowest BCUT2D eigenvalue weighted by atomic mass is 10.3. The minimum Gasteiger partial charge on any atom is -0.326 e. The number of thiophene rings is 1. The summed E-state index contributed by atoms with van der Waals surface area (Å²) in [5.74, 6) is 0. The third-order valence-electron chi connectivity index (χ3n) is 2.64. The maximum atomic E-state index is 12.2. The second-order valence-corrected chi connectivity index (χ2v) is 8.37. The van der Waals surface area contributed by atoms with Crippen LogP contribution < -0.4 is 10.5 Å². The Labute approximate surface area is 130 Å². The number of nitrogens with two attached hydrogens (primary N) is 1. The van der Waals surface area contributed by atoms with Crippen LogP contribution in [0.5, 0.6) is 0 Å². The third kappa shape index (κ3) is 3.67. The third-order valence-corrected chi connectivity index (χ3v) is 6.37. The zero-order valence-electron chi connectivity index (χ0n) is 10.8. The molecule has 2 rings (SSSR count). The van der Waals surface area contributed by atoms with Gasteiger partial charge in [0.2, 0.25) is 10.0 Å². The van der Waals surface area contributed by atoms with Gasteiger partial charge in [-0.1, -0.05) is 0 Å². The van der Waals surface area contributed by atoms with Gasteiger partial charge in [0, 0.05) is 37.6 Å². The van der Waals surface area contributed by atoms with E-state index in [4.69, 9.17) is 5.73 Å². The molecule has 0 saturated heterocycles. The summed E-state index contributed by atoms with van der Waals surface area (Å²) in [6, 6.07) is 3.46. The molecular weight excluding hydrogens is 364 g/mol. The Morgan fingerprint density at radius 3 is 2.85 bits per heavy atom. The summed E-state index contributed by atoms with van der Waals surface area (Å²) in [5, 5.41) is 4.20. The minimum absolute atomic E-state index is 0.240. The molecule has 0 fully saturated rings. The number of aromatic nitrogens is 2. The van der Waals surface area contributed by atoms with E-state index in [1.54, 1.807) is 10.7 Å². The van der Waals surface area contributed by atoms with E-state index in [2.05, 4.69) is 25.8 Å². The number of halogens is 1. The molecule has 110 valence electrons. The van der Waals surface area contributed by atoms with Gasteiger partial charge < -0.3 is 5.73 Å². The smallest absolute Gasteiger partial charge is 0.242 e. The van der Waals surface area contributed by atoms with Crippen molar-refractivity contribution in [3.63, 3.8) is 0 Å². The van der Waals surface area contributed by atoms with E-state index in [-0.39, 0.29) is 4.90 Å². The van der Waals surface area contributed by atoms with Gasteiger partial charge in [0.05, 0.1) is 9.48 Å². The molecule has 0 atom stereocenters. The second kappa shape index (κ2) is 6.35. The van der Waals surface area contributed by atoms with Crippen LogP contribution in [-0.4, -0.2) is 24.7 Å². The topological polar surface area (TPSA) is 90.0 Å². The van der Waals surface area contributed by atoms with Gasteiger partial charge in [0.1, 0.15) is 4.90 Å². The van der Waals surface area contributed by atoms with Crippen molar-refractivity contribution < 1.29 is 8.42 Å². The zero-order chi connectivity index (χ0) is 14.8. The molecule has 9 heteroatoms. The number of hydrogen-bond acceptors (Lipinski definition) is 5. The lowest BCUT2D eigenvalue weighted by molar-refractivity contribution is 0.581. The van der Waals surface area contributed by atoms with Crippen LogP contribution in [0.3, 0.4) is 0 Å². The van der Waals surface area contributed by atoms with Crippen LogP contribution >= 0.6 is 27.3 Å². The Morgan fingerprint density at radius 2 is 2.30 bits per heavy atom. The van der Waals surface area contributed by atoms with E-state index < -0.39 is 10.0 Å². The monoisotopic (exact) mass is 378 g/mol. The average Bonchev–Trinajstić information content (AvgIpc) is 2.95. The Morgan fingerprint density at radius 1 is 1.55 bits per heavy atom. The average molecular weight is 379 g/mol. The SMILES string of the molecule is Cn1ccc(CCNS(=O)(=O)c2cc(CN)sc2Br)n1. The lowest BCUT2D eigenvalue weighted by Crippen LogP contribution is -2.26. The molecule has 2 aromatic rings. The van der Waals surface area contributed by atoms with Crippen LogP contribution in [0.2, 0.25) is 0 Å². The molecule has 0 aliphatic heterocycles. The van der Waals surface area contributed by atoms with Crippen molar-refractivity contribution in [2.45, 2.75) is 17.9 Å². The molecule has 0 amide bonds. The molecule has 0 spiro atoms. The van der Waals surface area contributed by atoms with Gasteiger partial charge in [-0.3, -0.25) is 4.68 Å². The minimum atomic E-state index is -3.52. The molecule has 0 radical (unpaired) electrons. The van der Waals surface area contributed by atoms with Gasteiger partial charge >= 0.3 is 0 Å². The largest absolute Gasteiger partial charge is 0.326 e. The van der Waals surface area contributed by atoms with Crippen LogP contribution in [0, 0.1) is 0 Å².